The molecule has 4 nitrogen and oxygen atoms in total. The van der Waals surface area contributed by atoms with Crippen molar-refractivity contribution in [1.29, 1.82) is 0 Å². The summed E-state index contributed by atoms with van der Waals surface area (Å²) in [5.74, 6) is -1.32. The van der Waals surface area contributed by atoms with E-state index in [0.717, 1.165) is 10.9 Å². The molecule has 0 bridgehead atoms. The lowest BCUT2D eigenvalue weighted by Gasteiger charge is -2.23. The highest BCUT2D eigenvalue weighted by atomic mass is 19.4. The Kier molecular flexibility index (Phi) is 3.22. The highest BCUT2D eigenvalue weighted by Gasteiger charge is 2.40. The average molecular weight is 250 g/mol. The molecule has 7 heteroatoms. The summed E-state index contributed by atoms with van der Waals surface area (Å²) in [6, 6.07) is 0. The van der Waals surface area contributed by atoms with Gasteiger partial charge < -0.3 is 5.11 Å². The van der Waals surface area contributed by atoms with Gasteiger partial charge in [0, 0.05) is 5.56 Å². The maximum absolute atomic E-state index is 12.9. The van der Waals surface area contributed by atoms with Gasteiger partial charge in [0.1, 0.15) is 5.69 Å². The summed E-state index contributed by atoms with van der Waals surface area (Å²) in [4.78, 5) is 10.5. The maximum Gasteiger partial charge on any atom is 0.433 e. The summed E-state index contributed by atoms with van der Waals surface area (Å²) < 4.78 is 39.4. The van der Waals surface area contributed by atoms with Crippen LogP contribution < -0.4 is 0 Å². The zero-order valence-electron chi connectivity index (χ0n) is 9.67. The highest BCUT2D eigenvalue weighted by molar-refractivity contribution is 5.70. The van der Waals surface area contributed by atoms with Crippen molar-refractivity contribution in [2.75, 3.05) is 0 Å². The molecule has 0 unspecified atom stereocenters. The lowest BCUT2D eigenvalue weighted by molar-refractivity contribution is -0.147. The van der Waals surface area contributed by atoms with E-state index in [4.69, 9.17) is 5.11 Å². The van der Waals surface area contributed by atoms with E-state index in [1.165, 1.54) is 0 Å². The molecule has 0 aromatic carbocycles. The SMILES string of the molecule is CC(C)(C)n1ncc(CC(=O)O)c1C(F)(F)F. The third-order valence-electron chi connectivity index (χ3n) is 2.09. The number of carboxylic acid groups (broad SMARTS) is 1. The van der Waals surface area contributed by atoms with Crippen molar-refractivity contribution in [1.82, 2.24) is 9.78 Å². The first-order valence-electron chi connectivity index (χ1n) is 4.90. The number of hydrogen-bond acceptors (Lipinski definition) is 2. The van der Waals surface area contributed by atoms with Crippen LogP contribution in [-0.4, -0.2) is 20.9 Å². The van der Waals surface area contributed by atoms with E-state index < -0.39 is 29.8 Å². The smallest absolute Gasteiger partial charge is 0.433 e. The summed E-state index contributed by atoms with van der Waals surface area (Å²) in [5.41, 5.74) is -2.17. The number of carboxylic acids is 1. The molecule has 0 radical (unpaired) electrons. The van der Waals surface area contributed by atoms with Gasteiger partial charge in [-0.15, -0.1) is 0 Å². The molecule has 1 aromatic rings. The summed E-state index contributed by atoms with van der Waals surface area (Å²) in [5, 5.41) is 12.2. The van der Waals surface area contributed by atoms with Gasteiger partial charge in [-0.25, -0.2) is 0 Å². The molecule has 96 valence electrons. The summed E-state index contributed by atoms with van der Waals surface area (Å²) >= 11 is 0. The Hall–Kier alpha value is -1.53. The standard InChI is InChI=1S/C10H13F3N2O2/c1-9(2,3)15-8(10(11,12)13)6(5-14-15)4-7(16)17/h5H,4H2,1-3H3,(H,16,17). The number of aliphatic carboxylic acids is 1. The Bertz CT molecular complexity index is 430. The first-order chi connectivity index (χ1) is 7.53. The molecule has 0 saturated carbocycles. The summed E-state index contributed by atoms with van der Waals surface area (Å²) in [6.07, 6.45) is -4.35. The van der Waals surface area contributed by atoms with Crippen LogP contribution in [0.1, 0.15) is 32.0 Å². The Balaban J connectivity index is 3.36. The third kappa shape index (κ3) is 2.98. The number of aromatic nitrogens is 2. The number of rotatable bonds is 2. The quantitative estimate of drug-likeness (QED) is 0.876. The lowest BCUT2D eigenvalue weighted by atomic mass is 10.1. The van der Waals surface area contributed by atoms with E-state index in [-0.39, 0.29) is 5.56 Å². The number of alkyl halides is 3. The Morgan fingerprint density at radius 2 is 1.94 bits per heavy atom. The van der Waals surface area contributed by atoms with Crippen molar-refractivity contribution in [2.45, 2.75) is 38.9 Å². The van der Waals surface area contributed by atoms with Crippen LogP contribution in [0.3, 0.4) is 0 Å². The number of nitrogens with zero attached hydrogens (tertiary/aromatic N) is 2. The van der Waals surface area contributed by atoms with E-state index in [9.17, 15) is 18.0 Å². The van der Waals surface area contributed by atoms with Crippen molar-refractivity contribution < 1.29 is 23.1 Å². The molecular weight excluding hydrogens is 237 g/mol. The van der Waals surface area contributed by atoms with E-state index in [2.05, 4.69) is 5.10 Å². The zero-order valence-corrected chi connectivity index (χ0v) is 9.67. The Morgan fingerprint density at radius 1 is 1.41 bits per heavy atom. The molecule has 17 heavy (non-hydrogen) atoms. The van der Waals surface area contributed by atoms with Crippen LogP contribution in [0.25, 0.3) is 0 Å². The zero-order chi connectivity index (χ0) is 13.4. The second-order valence-corrected chi connectivity index (χ2v) is 4.67. The molecule has 0 saturated heterocycles. The van der Waals surface area contributed by atoms with Crippen molar-refractivity contribution in [2.24, 2.45) is 0 Å². The van der Waals surface area contributed by atoms with Crippen LogP contribution in [0.4, 0.5) is 13.2 Å². The van der Waals surface area contributed by atoms with Gasteiger partial charge in [0.05, 0.1) is 18.2 Å². The molecule has 0 aliphatic carbocycles. The lowest BCUT2D eigenvalue weighted by Crippen LogP contribution is -2.29. The van der Waals surface area contributed by atoms with Crippen LogP contribution in [-0.2, 0) is 22.9 Å². The van der Waals surface area contributed by atoms with Gasteiger partial charge >= 0.3 is 12.1 Å². The Morgan fingerprint density at radius 3 is 2.29 bits per heavy atom. The van der Waals surface area contributed by atoms with Crippen LogP contribution >= 0.6 is 0 Å². The minimum absolute atomic E-state index is 0.320. The monoisotopic (exact) mass is 250 g/mol. The predicted molar refractivity (Wildman–Crippen MR) is 53.6 cm³/mol. The Labute approximate surface area is 96.0 Å². The van der Waals surface area contributed by atoms with Gasteiger partial charge in [0.2, 0.25) is 0 Å². The molecule has 1 N–H and O–H groups in total. The number of halogens is 3. The van der Waals surface area contributed by atoms with Gasteiger partial charge in [-0.05, 0) is 20.8 Å². The first kappa shape index (κ1) is 13.5. The first-order valence-corrected chi connectivity index (χ1v) is 4.90. The normalized spacial score (nSPS) is 12.8. The predicted octanol–water partition coefficient (Wildman–Crippen LogP) is 2.28. The van der Waals surface area contributed by atoms with E-state index >= 15 is 0 Å². The second-order valence-electron chi connectivity index (χ2n) is 4.67. The molecule has 0 fully saturated rings. The number of carbonyl (C=O) groups is 1. The summed E-state index contributed by atoms with van der Waals surface area (Å²) in [6.45, 7) is 4.71. The van der Waals surface area contributed by atoms with Gasteiger partial charge in [-0.2, -0.15) is 18.3 Å². The topological polar surface area (TPSA) is 55.1 Å². The van der Waals surface area contributed by atoms with Crippen LogP contribution in [0.2, 0.25) is 0 Å². The minimum atomic E-state index is -4.62. The van der Waals surface area contributed by atoms with Gasteiger partial charge in [0.25, 0.3) is 0 Å². The van der Waals surface area contributed by atoms with Gasteiger partial charge in [-0.1, -0.05) is 0 Å². The molecule has 1 rings (SSSR count). The molecule has 0 atom stereocenters. The molecule has 0 aliphatic rings. The van der Waals surface area contributed by atoms with E-state index in [0.29, 0.717) is 0 Å². The fourth-order valence-electron chi connectivity index (χ4n) is 1.49. The van der Waals surface area contributed by atoms with Crippen molar-refractivity contribution in [3.8, 4) is 0 Å². The maximum atomic E-state index is 12.9. The highest BCUT2D eigenvalue weighted by Crippen LogP contribution is 2.34. The molecule has 1 heterocycles. The van der Waals surface area contributed by atoms with Crippen LogP contribution in [0.5, 0.6) is 0 Å². The van der Waals surface area contributed by atoms with Crippen LogP contribution in [0.15, 0.2) is 6.20 Å². The fourth-order valence-corrected chi connectivity index (χ4v) is 1.49. The van der Waals surface area contributed by atoms with Gasteiger partial charge in [-0.3, -0.25) is 9.48 Å². The average Bonchev–Trinajstić information content (AvgIpc) is 2.44. The van der Waals surface area contributed by atoms with E-state index in [1.54, 1.807) is 20.8 Å². The molecule has 1 aromatic heterocycles. The van der Waals surface area contributed by atoms with Crippen molar-refractivity contribution in [3.05, 3.63) is 17.5 Å². The molecular formula is C10H13F3N2O2. The van der Waals surface area contributed by atoms with E-state index in [1.807, 2.05) is 0 Å². The molecule has 0 amide bonds. The third-order valence-corrected chi connectivity index (χ3v) is 2.09. The fraction of sp³-hybridized carbons (Fsp3) is 0.600. The summed E-state index contributed by atoms with van der Waals surface area (Å²) in [7, 11) is 0. The molecule has 0 spiro atoms. The largest absolute Gasteiger partial charge is 0.481 e. The van der Waals surface area contributed by atoms with Crippen molar-refractivity contribution in [3.63, 3.8) is 0 Å². The second kappa shape index (κ2) is 4.05. The van der Waals surface area contributed by atoms with Gasteiger partial charge in [0.15, 0.2) is 0 Å². The number of hydrogen-bond donors (Lipinski definition) is 1. The van der Waals surface area contributed by atoms with Crippen LogP contribution in [0, 0.1) is 0 Å². The minimum Gasteiger partial charge on any atom is -0.481 e. The molecule has 0 aliphatic heterocycles. The van der Waals surface area contributed by atoms with Crippen molar-refractivity contribution >= 4 is 5.97 Å².